The second kappa shape index (κ2) is 8.72. The first kappa shape index (κ1) is 17.5. The highest BCUT2D eigenvalue weighted by atomic mass is 35.5. The van der Waals surface area contributed by atoms with Gasteiger partial charge in [-0.25, -0.2) is 0 Å². The molecule has 1 fully saturated rings. The molecular formula is C14H15Cl2N3OS2. The zero-order valence-corrected chi connectivity index (χ0v) is 14.9. The van der Waals surface area contributed by atoms with Gasteiger partial charge in [-0.15, -0.1) is 23.2 Å². The number of hydrazone groups is 1. The molecule has 0 unspecified atom stereocenters. The van der Waals surface area contributed by atoms with Crippen LogP contribution in [0.15, 0.2) is 29.4 Å². The molecule has 0 atom stereocenters. The molecule has 0 aliphatic carbocycles. The lowest BCUT2D eigenvalue weighted by Crippen LogP contribution is -2.27. The first-order valence-electron chi connectivity index (χ1n) is 6.66. The first-order valence-corrected chi connectivity index (χ1v) is 9.12. The minimum absolute atomic E-state index is 0.0849. The van der Waals surface area contributed by atoms with Gasteiger partial charge in [-0.2, -0.15) is 10.1 Å². The Hall–Kier alpha value is -0.820. The van der Waals surface area contributed by atoms with Crippen LogP contribution >= 0.6 is 47.2 Å². The number of halogens is 2. The van der Waals surface area contributed by atoms with Gasteiger partial charge >= 0.3 is 0 Å². The number of thiocarbonyl (C=S) groups is 1. The minimum Gasteiger partial charge on any atom is -0.369 e. The Morgan fingerprint density at radius 1 is 1.27 bits per heavy atom. The van der Waals surface area contributed by atoms with Crippen molar-refractivity contribution < 1.29 is 4.79 Å². The van der Waals surface area contributed by atoms with Crippen LogP contribution in [0.4, 0.5) is 5.69 Å². The van der Waals surface area contributed by atoms with E-state index in [9.17, 15) is 4.79 Å². The molecule has 1 heterocycles. The number of benzene rings is 1. The van der Waals surface area contributed by atoms with Crippen LogP contribution in [0, 0.1) is 0 Å². The van der Waals surface area contributed by atoms with Crippen LogP contribution < -0.4 is 4.90 Å². The van der Waals surface area contributed by atoms with Crippen LogP contribution in [0.3, 0.4) is 0 Å². The summed E-state index contributed by atoms with van der Waals surface area (Å²) in [6.45, 7) is 1.49. The quantitative estimate of drug-likeness (QED) is 0.416. The monoisotopic (exact) mass is 375 g/mol. The number of hydrogen-bond acceptors (Lipinski definition) is 5. The van der Waals surface area contributed by atoms with Crippen molar-refractivity contribution in [3.8, 4) is 0 Å². The molecule has 8 heteroatoms. The van der Waals surface area contributed by atoms with Crippen LogP contribution in [-0.2, 0) is 4.79 Å². The second-order valence-electron chi connectivity index (χ2n) is 4.46. The Bertz CT molecular complexity index is 544. The molecule has 1 aliphatic rings. The van der Waals surface area contributed by atoms with Gasteiger partial charge in [0.05, 0.1) is 12.0 Å². The smallest absolute Gasteiger partial charge is 0.259 e. The summed E-state index contributed by atoms with van der Waals surface area (Å²) in [7, 11) is 0. The number of thioether (sulfide) groups is 1. The molecule has 0 N–H and O–H groups in total. The van der Waals surface area contributed by atoms with Crippen molar-refractivity contribution in [2.45, 2.75) is 0 Å². The maximum Gasteiger partial charge on any atom is 0.259 e. The van der Waals surface area contributed by atoms with Crippen LogP contribution in [0.1, 0.15) is 5.56 Å². The molecule has 0 radical (unpaired) electrons. The third-order valence-electron chi connectivity index (χ3n) is 3.02. The highest BCUT2D eigenvalue weighted by molar-refractivity contribution is 8.23. The number of rotatable bonds is 7. The highest BCUT2D eigenvalue weighted by Gasteiger charge is 2.25. The fourth-order valence-corrected chi connectivity index (χ4v) is 3.30. The number of hydrogen-bond donors (Lipinski definition) is 0. The molecular weight excluding hydrogens is 361 g/mol. The lowest BCUT2D eigenvalue weighted by molar-refractivity contribution is -0.123. The summed E-state index contributed by atoms with van der Waals surface area (Å²) in [5, 5.41) is 5.41. The molecule has 118 valence electrons. The number of carbonyl (C=O) groups excluding carboxylic acids is 1. The fraction of sp³-hybridized carbons (Fsp3) is 0.357. The Kier molecular flexibility index (Phi) is 6.95. The van der Waals surface area contributed by atoms with E-state index in [2.05, 4.69) is 10.0 Å². The SMILES string of the molecule is O=C1CSC(=S)N1/N=C/c1ccc(N(CCCl)CCCl)cc1. The van der Waals surface area contributed by atoms with Gasteiger partial charge < -0.3 is 4.90 Å². The molecule has 0 spiro atoms. The van der Waals surface area contributed by atoms with Gasteiger partial charge in [0.1, 0.15) is 0 Å². The third kappa shape index (κ3) is 4.59. The molecule has 1 saturated heterocycles. The number of nitrogens with zero attached hydrogens (tertiary/aromatic N) is 3. The van der Waals surface area contributed by atoms with Crippen LogP contribution in [0.25, 0.3) is 0 Å². The van der Waals surface area contributed by atoms with E-state index in [-0.39, 0.29) is 5.91 Å². The predicted octanol–water partition coefficient (Wildman–Crippen LogP) is 3.16. The zero-order chi connectivity index (χ0) is 15.9. The number of amides is 1. The number of alkyl halides is 2. The van der Waals surface area contributed by atoms with Gasteiger partial charge in [0, 0.05) is 30.5 Å². The Labute approximate surface area is 149 Å². The van der Waals surface area contributed by atoms with Crippen molar-refractivity contribution in [1.29, 1.82) is 0 Å². The maximum absolute atomic E-state index is 11.6. The van der Waals surface area contributed by atoms with Crippen molar-refractivity contribution in [3.05, 3.63) is 29.8 Å². The lowest BCUT2D eigenvalue weighted by atomic mass is 10.2. The van der Waals surface area contributed by atoms with E-state index >= 15 is 0 Å². The van der Waals surface area contributed by atoms with E-state index < -0.39 is 0 Å². The molecule has 0 bridgehead atoms. The topological polar surface area (TPSA) is 35.9 Å². The minimum atomic E-state index is -0.0849. The van der Waals surface area contributed by atoms with Crippen molar-refractivity contribution in [1.82, 2.24) is 5.01 Å². The Morgan fingerprint density at radius 3 is 2.41 bits per heavy atom. The Balaban J connectivity index is 2.05. The normalized spacial score (nSPS) is 15.1. The molecule has 22 heavy (non-hydrogen) atoms. The van der Waals surface area contributed by atoms with Crippen LogP contribution in [0.5, 0.6) is 0 Å². The standard InChI is InChI=1S/C14H15Cl2N3OS2/c15-5-7-18(8-6-16)12-3-1-11(2-4-12)9-17-19-13(20)10-22-14(19)21/h1-4,9H,5-8,10H2/b17-9+. The van der Waals surface area contributed by atoms with Crippen LogP contribution in [-0.4, -0.2) is 52.1 Å². The van der Waals surface area contributed by atoms with Crippen molar-refractivity contribution >= 4 is 69.3 Å². The van der Waals surface area contributed by atoms with Crippen molar-refractivity contribution in [3.63, 3.8) is 0 Å². The largest absolute Gasteiger partial charge is 0.369 e. The second-order valence-corrected chi connectivity index (χ2v) is 6.83. The van der Waals surface area contributed by atoms with Gasteiger partial charge in [0.25, 0.3) is 5.91 Å². The molecule has 1 aromatic carbocycles. The van der Waals surface area contributed by atoms with Crippen LogP contribution in [0.2, 0.25) is 0 Å². The maximum atomic E-state index is 11.6. The molecule has 0 saturated carbocycles. The summed E-state index contributed by atoms with van der Waals surface area (Å²) in [5.41, 5.74) is 1.95. The third-order valence-corrected chi connectivity index (χ3v) is 4.69. The first-order chi connectivity index (χ1) is 10.7. The lowest BCUT2D eigenvalue weighted by Gasteiger charge is -2.22. The summed E-state index contributed by atoms with van der Waals surface area (Å²) in [6.07, 6.45) is 1.63. The van der Waals surface area contributed by atoms with E-state index in [1.165, 1.54) is 16.8 Å². The summed E-state index contributed by atoms with van der Waals surface area (Å²) in [6, 6.07) is 7.84. The fourth-order valence-electron chi connectivity index (χ4n) is 1.93. The zero-order valence-electron chi connectivity index (χ0n) is 11.7. The van der Waals surface area contributed by atoms with Crippen molar-refractivity contribution in [2.24, 2.45) is 5.10 Å². The number of carbonyl (C=O) groups is 1. The summed E-state index contributed by atoms with van der Waals surface area (Å²) in [4.78, 5) is 13.7. The molecule has 1 aliphatic heterocycles. The van der Waals surface area contributed by atoms with E-state index in [1.807, 2.05) is 24.3 Å². The average Bonchev–Trinajstić information content (AvgIpc) is 2.84. The molecule has 1 aromatic rings. The highest BCUT2D eigenvalue weighted by Crippen LogP contribution is 2.20. The van der Waals surface area contributed by atoms with E-state index in [0.29, 0.717) is 21.8 Å². The van der Waals surface area contributed by atoms with Gasteiger partial charge in [0.2, 0.25) is 0 Å². The molecule has 0 aromatic heterocycles. The summed E-state index contributed by atoms with van der Waals surface area (Å²) >= 11 is 18.0. The van der Waals surface area contributed by atoms with Gasteiger partial charge in [-0.05, 0) is 17.7 Å². The molecule has 2 rings (SSSR count). The predicted molar refractivity (Wildman–Crippen MR) is 99.6 cm³/mol. The number of anilines is 1. The van der Waals surface area contributed by atoms with Gasteiger partial charge in [-0.3, -0.25) is 4.79 Å². The average molecular weight is 376 g/mol. The Morgan fingerprint density at radius 2 is 1.91 bits per heavy atom. The van der Waals surface area contributed by atoms with E-state index in [4.69, 9.17) is 35.4 Å². The molecule has 4 nitrogen and oxygen atoms in total. The summed E-state index contributed by atoms with van der Waals surface area (Å²) < 4.78 is 0.494. The van der Waals surface area contributed by atoms with E-state index in [1.54, 1.807) is 6.21 Å². The van der Waals surface area contributed by atoms with Gasteiger partial charge in [-0.1, -0.05) is 36.1 Å². The molecule has 1 amide bonds. The summed E-state index contributed by atoms with van der Waals surface area (Å²) in [5.74, 6) is 1.37. The van der Waals surface area contributed by atoms with E-state index in [0.717, 1.165) is 24.3 Å². The van der Waals surface area contributed by atoms with Gasteiger partial charge in [0.15, 0.2) is 4.32 Å². The van der Waals surface area contributed by atoms with Crippen molar-refractivity contribution in [2.75, 3.05) is 35.5 Å².